The van der Waals surface area contributed by atoms with Crippen molar-refractivity contribution < 1.29 is 14.1 Å². The van der Waals surface area contributed by atoms with E-state index in [4.69, 9.17) is 9.26 Å². The van der Waals surface area contributed by atoms with Crippen LogP contribution in [0.25, 0.3) is 0 Å². The van der Waals surface area contributed by atoms with Gasteiger partial charge in [-0.3, -0.25) is 4.79 Å². The number of ether oxygens (including phenoxy) is 1. The lowest BCUT2D eigenvalue weighted by Gasteiger charge is -2.15. The molecule has 0 fully saturated rings. The van der Waals surface area contributed by atoms with Crippen LogP contribution in [0, 0.1) is 6.92 Å². The van der Waals surface area contributed by atoms with Gasteiger partial charge in [-0.1, -0.05) is 11.2 Å². The van der Waals surface area contributed by atoms with Crippen LogP contribution in [0.4, 0.5) is 0 Å². The van der Waals surface area contributed by atoms with Crippen LogP contribution in [0.1, 0.15) is 40.5 Å². The van der Waals surface area contributed by atoms with Gasteiger partial charge in [0.05, 0.1) is 0 Å². The maximum atomic E-state index is 11.8. The number of carbonyl (C=O) groups excluding carboxylic acids is 1. The largest absolute Gasteiger partial charge is 0.484 e. The van der Waals surface area contributed by atoms with E-state index in [0.29, 0.717) is 23.9 Å². The Morgan fingerprint density at radius 2 is 2.26 bits per heavy atom. The van der Waals surface area contributed by atoms with Crippen LogP contribution in [0.2, 0.25) is 0 Å². The first kappa shape index (κ1) is 11.9. The summed E-state index contributed by atoms with van der Waals surface area (Å²) < 4.78 is 10.5. The Labute approximate surface area is 110 Å². The van der Waals surface area contributed by atoms with E-state index in [1.807, 2.05) is 12.1 Å². The molecule has 2 aromatic rings. The predicted octanol–water partition coefficient (Wildman–Crippen LogP) is 2.48. The van der Waals surface area contributed by atoms with Crippen LogP contribution in [0.3, 0.4) is 0 Å². The molecule has 1 aromatic carbocycles. The molecule has 0 amide bonds. The van der Waals surface area contributed by atoms with E-state index in [2.05, 4.69) is 10.1 Å². The minimum atomic E-state index is 0.195. The summed E-state index contributed by atoms with van der Waals surface area (Å²) in [4.78, 5) is 15.9. The molecule has 0 radical (unpaired) electrons. The molecule has 0 saturated carbocycles. The summed E-state index contributed by atoms with van der Waals surface area (Å²) in [5.41, 5.74) is 1.89. The first-order chi connectivity index (χ1) is 9.22. The van der Waals surface area contributed by atoms with Gasteiger partial charge in [0.25, 0.3) is 5.89 Å². The molecule has 3 rings (SSSR count). The second kappa shape index (κ2) is 4.84. The van der Waals surface area contributed by atoms with E-state index in [0.717, 1.165) is 24.0 Å². The lowest BCUT2D eigenvalue weighted by Crippen LogP contribution is -2.10. The molecule has 5 heteroatoms. The number of carbonyl (C=O) groups is 1. The SMILES string of the molecule is Cc1noc(COc2ccc3c(c2)C(=O)CCC3)n1. The lowest BCUT2D eigenvalue weighted by atomic mass is 9.90. The van der Waals surface area contributed by atoms with Crippen molar-refractivity contribution in [1.82, 2.24) is 10.1 Å². The van der Waals surface area contributed by atoms with Crippen LogP contribution in [-0.2, 0) is 13.0 Å². The number of aryl methyl sites for hydroxylation is 2. The number of Topliss-reactive ketones (excluding diaryl/α,β-unsaturated/α-hetero) is 1. The van der Waals surface area contributed by atoms with Gasteiger partial charge in [0.15, 0.2) is 18.2 Å². The molecule has 0 unspecified atom stereocenters. The third-order valence-electron chi connectivity index (χ3n) is 3.16. The number of fused-ring (bicyclic) bond motifs is 1. The number of hydrogen-bond donors (Lipinski definition) is 0. The highest BCUT2D eigenvalue weighted by molar-refractivity contribution is 5.98. The zero-order chi connectivity index (χ0) is 13.2. The first-order valence-electron chi connectivity index (χ1n) is 6.30. The van der Waals surface area contributed by atoms with Crippen molar-refractivity contribution in [3.8, 4) is 5.75 Å². The normalized spacial score (nSPS) is 14.3. The Balaban J connectivity index is 1.75. The molecule has 0 atom stereocenters. The topological polar surface area (TPSA) is 65.2 Å². The zero-order valence-corrected chi connectivity index (χ0v) is 10.7. The van der Waals surface area contributed by atoms with Gasteiger partial charge >= 0.3 is 0 Å². The van der Waals surface area contributed by atoms with E-state index in [-0.39, 0.29) is 12.4 Å². The molecular formula is C14H14N2O3. The number of aromatic nitrogens is 2. The average Bonchev–Trinajstić information content (AvgIpc) is 2.83. The van der Waals surface area contributed by atoms with Crippen LogP contribution in [-0.4, -0.2) is 15.9 Å². The number of ketones is 1. The zero-order valence-electron chi connectivity index (χ0n) is 10.7. The summed E-state index contributed by atoms with van der Waals surface area (Å²) in [5.74, 6) is 1.87. The molecule has 0 saturated heterocycles. The Hall–Kier alpha value is -2.17. The standard InChI is InChI=1S/C14H14N2O3/c1-9-15-14(19-16-9)8-18-11-6-5-10-3-2-4-13(17)12(10)7-11/h5-7H,2-4,8H2,1H3. The second-order valence-corrected chi connectivity index (χ2v) is 4.62. The molecule has 1 aliphatic rings. The van der Waals surface area contributed by atoms with Crippen LogP contribution in [0.5, 0.6) is 5.75 Å². The molecule has 0 aliphatic heterocycles. The average molecular weight is 258 g/mol. The smallest absolute Gasteiger partial charge is 0.264 e. The van der Waals surface area contributed by atoms with Gasteiger partial charge in [-0.2, -0.15) is 4.98 Å². The van der Waals surface area contributed by atoms with Crippen molar-refractivity contribution in [3.63, 3.8) is 0 Å². The summed E-state index contributed by atoms with van der Waals surface area (Å²) >= 11 is 0. The molecule has 1 aliphatic carbocycles. The van der Waals surface area contributed by atoms with Crippen LogP contribution in [0.15, 0.2) is 22.7 Å². The van der Waals surface area contributed by atoms with Gasteiger partial charge in [0.2, 0.25) is 0 Å². The lowest BCUT2D eigenvalue weighted by molar-refractivity contribution is 0.0972. The van der Waals surface area contributed by atoms with Gasteiger partial charge < -0.3 is 9.26 Å². The number of hydrogen-bond acceptors (Lipinski definition) is 5. The molecule has 0 bridgehead atoms. The fourth-order valence-electron chi connectivity index (χ4n) is 2.24. The molecule has 1 heterocycles. The molecule has 5 nitrogen and oxygen atoms in total. The van der Waals surface area contributed by atoms with E-state index >= 15 is 0 Å². The highest BCUT2D eigenvalue weighted by Crippen LogP contribution is 2.25. The van der Waals surface area contributed by atoms with Crippen LogP contribution < -0.4 is 4.74 Å². The van der Waals surface area contributed by atoms with Crippen LogP contribution >= 0.6 is 0 Å². The van der Waals surface area contributed by atoms with E-state index in [1.54, 1.807) is 13.0 Å². The van der Waals surface area contributed by atoms with Gasteiger partial charge in [-0.15, -0.1) is 0 Å². The first-order valence-corrected chi connectivity index (χ1v) is 6.30. The maximum absolute atomic E-state index is 11.8. The highest BCUT2D eigenvalue weighted by Gasteiger charge is 2.17. The fraction of sp³-hybridized carbons (Fsp3) is 0.357. The quantitative estimate of drug-likeness (QED) is 0.846. The van der Waals surface area contributed by atoms with Gasteiger partial charge in [0.1, 0.15) is 5.75 Å². The minimum absolute atomic E-state index is 0.195. The van der Waals surface area contributed by atoms with Crippen molar-refractivity contribution in [2.75, 3.05) is 0 Å². The van der Waals surface area contributed by atoms with Crippen molar-refractivity contribution in [3.05, 3.63) is 41.0 Å². The number of benzene rings is 1. The number of rotatable bonds is 3. The van der Waals surface area contributed by atoms with Gasteiger partial charge in [-0.25, -0.2) is 0 Å². The summed E-state index contributed by atoms with van der Waals surface area (Å²) in [7, 11) is 0. The molecule has 1 aromatic heterocycles. The Morgan fingerprint density at radius 1 is 1.37 bits per heavy atom. The third kappa shape index (κ3) is 2.50. The fourth-order valence-corrected chi connectivity index (χ4v) is 2.24. The molecule has 0 N–H and O–H groups in total. The Morgan fingerprint density at radius 3 is 3.05 bits per heavy atom. The van der Waals surface area contributed by atoms with E-state index < -0.39 is 0 Å². The molecular weight excluding hydrogens is 244 g/mol. The van der Waals surface area contributed by atoms with Crippen molar-refractivity contribution in [2.24, 2.45) is 0 Å². The van der Waals surface area contributed by atoms with Crippen molar-refractivity contribution in [2.45, 2.75) is 32.8 Å². The molecule has 98 valence electrons. The summed E-state index contributed by atoms with van der Waals surface area (Å²) in [6, 6.07) is 5.64. The van der Waals surface area contributed by atoms with E-state index in [1.165, 1.54) is 0 Å². The van der Waals surface area contributed by atoms with Gasteiger partial charge in [0, 0.05) is 12.0 Å². The predicted molar refractivity (Wildman–Crippen MR) is 67.1 cm³/mol. The molecule has 19 heavy (non-hydrogen) atoms. The third-order valence-corrected chi connectivity index (χ3v) is 3.16. The van der Waals surface area contributed by atoms with Crippen molar-refractivity contribution >= 4 is 5.78 Å². The summed E-state index contributed by atoms with van der Waals surface area (Å²) in [6.45, 7) is 1.97. The maximum Gasteiger partial charge on any atom is 0.264 e. The Bertz CT molecular complexity index is 619. The van der Waals surface area contributed by atoms with E-state index in [9.17, 15) is 4.79 Å². The van der Waals surface area contributed by atoms with Crippen molar-refractivity contribution in [1.29, 1.82) is 0 Å². The monoisotopic (exact) mass is 258 g/mol. The Kier molecular flexibility index (Phi) is 3.03. The highest BCUT2D eigenvalue weighted by atomic mass is 16.5. The summed E-state index contributed by atoms with van der Waals surface area (Å²) in [6.07, 6.45) is 2.52. The number of nitrogens with zero attached hydrogens (tertiary/aromatic N) is 2. The molecule has 0 spiro atoms. The van der Waals surface area contributed by atoms with Gasteiger partial charge in [-0.05, 0) is 37.5 Å². The second-order valence-electron chi connectivity index (χ2n) is 4.62. The summed E-state index contributed by atoms with van der Waals surface area (Å²) in [5, 5.41) is 3.69. The minimum Gasteiger partial charge on any atom is -0.484 e.